The summed E-state index contributed by atoms with van der Waals surface area (Å²) >= 11 is 0. The highest BCUT2D eigenvalue weighted by atomic mass is 16.6. The summed E-state index contributed by atoms with van der Waals surface area (Å²) in [5, 5.41) is 13.9. The third kappa shape index (κ3) is 2.62. The standard InChI is InChI=1S/C10H15N5O2/c1-6-2-7(3-6)12-9-4-8(15(16)17)5-10(13-9)14-11/h4-7H,2-3,11H2,1H3,(H2,12,13,14). The van der Waals surface area contributed by atoms with Gasteiger partial charge in [-0.2, -0.15) is 0 Å². The first-order chi connectivity index (χ1) is 8.08. The molecule has 0 bridgehead atoms. The Morgan fingerprint density at radius 2 is 2.12 bits per heavy atom. The Morgan fingerprint density at radius 1 is 1.47 bits per heavy atom. The molecule has 1 aromatic heterocycles. The second kappa shape index (κ2) is 4.54. The van der Waals surface area contributed by atoms with Gasteiger partial charge in [0.2, 0.25) is 0 Å². The third-order valence-electron chi connectivity index (χ3n) is 2.89. The third-order valence-corrected chi connectivity index (χ3v) is 2.89. The smallest absolute Gasteiger partial charge is 0.276 e. The van der Waals surface area contributed by atoms with Crippen molar-refractivity contribution in [1.82, 2.24) is 4.98 Å². The number of pyridine rings is 1. The largest absolute Gasteiger partial charge is 0.367 e. The van der Waals surface area contributed by atoms with Gasteiger partial charge in [0.05, 0.1) is 17.1 Å². The lowest BCUT2D eigenvalue weighted by atomic mass is 9.82. The maximum atomic E-state index is 10.7. The van der Waals surface area contributed by atoms with Crippen LogP contribution in [0.4, 0.5) is 17.3 Å². The van der Waals surface area contributed by atoms with Crippen LogP contribution in [0.25, 0.3) is 0 Å². The number of rotatable bonds is 4. The maximum absolute atomic E-state index is 10.7. The first-order valence-electron chi connectivity index (χ1n) is 5.48. The fourth-order valence-electron chi connectivity index (χ4n) is 2.00. The van der Waals surface area contributed by atoms with Gasteiger partial charge in [0.15, 0.2) is 0 Å². The molecular weight excluding hydrogens is 222 g/mol. The van der Waals surface area contributed by atoms with Crippen molar-refractivity contribution in [2.75, 3.05) is 10.7 Å². The number of nitro groups is 1. The molecule has 0 unspecified atom stereocenters. The number of hydrogen-bond donors (Lipinski definition) is 3. The summed E-state index contributed by atoms with van der Waals surface area (Å²) in [6.07, 6.45) is 2.13. The van der Waals surface area contributed by atoms with Gasteiger partial charge in [0.25, 0.3) is 5.69 Å². The molecule has 0 amide bonds. The summed E-state index contributed by atoms with van der Waals surface area (Å²) in [6, 6.07) is 3.07. The second-order valence-corrected chi connectivity index (χ2v) is 4.42. The molecule has 1 aliphatic carbocycles. The Morgan fingerprint density at radius 3 is 2.65 bits per heavy atom. The SMILES string of the molecule is CC1CC(Nc2cc([N+](=O)[O-])cc(NN)n2)C1. The van der Waals surface area contributed by atoms with Gasteiger partial charge in [-0.3, -0.25) is 10.1 Å². The van der Waals surface area contributed by atoms with Crippen molar-refractivity contribution in [1.29, 1.82) is 0 Å². The van der Waals surface area contributed by atoms with Crippen LogP contribution in [0.15, 0.2) is 12.1 Å². The van der Waals surface area contributed by atoms with Gasteiger partial charge in [0, 0.05) is 6.04 Å². The lowest BCUT2D eigenvalue weighted by molar-refractivity contribution is -0.384. The van der Waals surface area contributed by atoms with Crippen LogP contribution >= 0.6 is 0 Å². The molecule has 0 atom stereocenters. The van der Waals surface area contributed by atoms with Crippen molar-refractivity contribution in [3.05, 3.63) is 22.2 Å². The van der Waals surface area contributed by atoms with Crippen LogP contribution in [0.2, 0.25) is 0 Å². The van der Waals surface area contributed by atoms with Gasteiger partial charge < -0.3 is 10.7 Å². The Bertz CT molecular complexity index is 431. The van der Waals surface area contributed by atoms with Crippen molar-refractivity contribution < 1.29 is 4.92 Å². The predicted molar refractivity (Wildman–Crippen MR) is 64.5 cm³/mol. The van der Waals surface area contributed by atoms with E-state index in [1.165, 1.54) is 12.1 Å². The highest BCUT2D eigenvalue weighted by molar-refractivity contribution is 5.54. The lowest BCUT2D eigenvalue weighted by Gasteiger charge is -2.33. The molecule has 92 valence electrons. The van der Waals surface area contributed by atoms with Gasteiger partial charge in [0.1, 0.15) is 11.6 Å². The number of nitrogen functional groups attached to an aromatic ring is 1. The summed E-state index contributed by atoms with van der Waals surface area (Å²) in [6.45, 7) is 2.17. The van der Waals surface area contributed by atoms with Gasteiger partial charge in [-0.25, -0.2) is 10.8 Å². The quantitative estimate of drug-likeness (QED) is 0.416. The van der Waals surface area contributed by atoms with E-state index in [2.05, 4.69) is 22.7 Å². The second-order valence-electron chi connectivity index (χ2n) is 4.42. The monoisotopic (exact) mass is 237 g/mol. The maximum Gasteiger partial charge on any atom is 0.276 e. The number of aromatic nitrogens is 1. The van der Waals surface area contributed by atoms with E-state index < -0.39 is 4.92 Å². The van der Waals surface area contributed by atoms with Gasteiger partial charge in [-0.15, -0.1) is 0 Å². The number of nitrogens with zero attached hydrogens (tertiary/aromatic N) is 2. The van der Waals surface area contributed by atoms with Crippen LogP contribution < -0.4 is 16.6 Å². The minimum Gasteiger partial charge on any atom is -0.367 e. The zero-order valence-electron chi connectivity index (χ0n) is 9.51. The molecule has 1 aliphatic rings. The normalized spacial score (nSPS) is 22.7. The summed E-state index contributed by atoms with van der Waals surface area (Å²) in [5.41, 5.74) is 2.30. The van der Waals surface area contributed by atoms with Crippen molar-refractivity contribution >= 4 is 17.3 Å². The van der Waals surface area contributed by atoms with Crippen LogP contribution in [0.3, 0.4) is 0 Å². The van der Waals surface area contributed by atoms with Crippen LogP contribution in [-0.2, 0) is 0 Å². The lowest BCUT2D eigenvalue weighted by Crippen LogP contribution is -2.34. The molecule has 0 radical (unpaired) electrons. The molecule has 1 aromatic rings. The van der Waals surface area contributed by atoms with Gasteiger partial charge in [-0.1, -0.05) is 6.92 Å². The van der Waals surface area contributed by atoms with Gasteiger partial charge >= 0.3 is 0 Å². The van der Waals surface area contributed by atoms with E-state index >= 15 is 0 Å². The first kappa shape index (κ1) is 11.6. The fourth-order valence-corrected chi connectivity index (χ4v) is 2.00. The number of hydrazine groups is 1. The zero-order valence-corrected chi connectivity index (χ0v) is 9.51. The summed E-state index contributed by atoms with van der Waals surface area (Å²) in [4.78, 5) is 14.4. The molecular formula is C10H15N5O2. The molecule has 0 aromatic carbocycles. The van der Waals surface area contributed by atoms with Crippen LogP contribution in [0, 0.1) is 16.0 Å². The van der Waals surface area contributed by atoms with Crippen molar-refractivity contribution in [3.8, 4) is 0 Å². The Labute approximate surface area is 98.5 Å². The van der Waals surface area contributed by atoms with Crippen LogP contribution in [0.5, 0.6) is 0 Å². The number of anilines is 2. The molecule has 1 fully saturated rings. The fraction of sp³-hybridized carbons (Fsp3) is 0.500. The van der Waals surface area contributed by atoms with Crippen molar-refractivity contribution in [3.63, 3.8) is 0 Å². The Balaban J connectivity index is 2.15. The zero-order chi connectivity index (χ0) is 12.4. The minimum absolute atomic E-state index is 0.0252. The van der Waals surface area contributed by atoms with E-state index in [1.54, 1.807) is 0 Å². The van der Waals surface area contributed by atoms with E-state index in [9.17, 15) is 10.1 Å². The molecule has 2 rings (SSSR count). The highest BCUT2D eigenvalue weighted by Gasteiger charge is 2.25. The van der Waals surface area contributed by atoms with Crippen molar-refractivity contribution in [2.45, 2.75) is 25.8 Å². The molecule has 0 spiro atoms. The molecule has 7 nitrogen and oxygen atoms in total. The minimum atomic E-state index is -0.461. The Hall–Kier alpha value is -1.89. The molecule has 4 N–H and O–H groups in total. The molecule has 1 saturated carbocycles. The molecule has 1 heterocycles. The first-order valence-corrected chi connectivity index (χ1v) is 5.48. The van der Waals surface area contributed by atoms with Crippen molar-refractivity contribution in [2.24, 2.45) is 11.8 Å². The molecule has 7 heteroatoms. The Kier molecular flexibility index (Phi) is 3.10. The van der Waals surface area contributed by atoms with E-state index in [4.69, 9.17) is 5.84 Å². The van der Waals surface area contributed by atoms with E-state index in [0.717, 1.165) is 12.8 Å². The average Bonchev–Trinajstić information content (AvgIpc) is 2.26. The summed E-state index contributed by atoms with van der Waals surface area (Å²) in [5.74, 6) is 6.71. The van der Waals surface area contributed by atoms with E-state index in [0.29, 0.717) is 17.8 Å². The average molecular weight is 237 g/mol. The summed E-state index contributed by atoms with van der Waals surface area (Å²) < 4.78 is 0. The summed E-state index contributed by atoms with van der Waals surface area (Å²) in [7, 11) is 0. The predicted octanol–water partition coefficient (Wildman–Crippen LogP) is 1.49. The molecule has 0 aliphatic heterocycles. The van der Waals surface area contributed by atoms with Crippen LogP contribution in [-0.4, -0.2) is 15.9 Å². The number of nitrogens with two attached hydrogens (primary N) is 1. The van der Waals surface area contributed by atoms with E-state index in [-0.39, 0.29) is 11.5 Å². The number of nitrogens with one attached hydrogen (secondary N) is 2. The van der Waals surface area contributed by atoms with Gasteiger partial charge in [-0.05, 0) is 18.8 Å². The molecule has 0 saturated heterocycles. The van der Waals surface area contributed by atoms with E-state index in [1.807, 2.05) is 0 Å². The topological polar surface area (TPSA) is 106 Å². The molecule has 17 heavy (non-hydrogen) atoms. The van der Waals surface area contributed by atoms with Crippen LogP contribution in [0.1, 0.15) is 19.8 Å². The highest BCUT2D eigenvalue weighted by Crippen LogP contribution is 2.30. The number of hydrogen-bond acceptors (Lipinski definition) is 6.